The molecule has 1 heteroatoms. The molecule has 0 radical (unpaired) electrons. The van der Waals surface area contributed by atoms with Crippen LogP contribution in [0.1, 0.15) is 36.8 Å². The molecule has 1 aromatic carbocycles. The van der Waals surface area contributed by atoms with Crippen molar-refractivity contribution in [1.29, 1.82) is 0 Å². The van der Waals surface area contributed by atoms with Gasteiger partial charge in [-0.05, 0) is 48.1 Å². The molecule has 2 rings (SSSR count). The van der Waals surface area contributed by atoms with Crippen LogP contribution in [0.5, 0.6) is 0 Å². The molecule has 0 heterocycles. The fourth-order valence-corrected chi connectivity index (χ4v) is 2.03. The van der Waals surface area contributed by atoms with Gasteiger partial charge in [-0.15, -0.1) is 0 Å². The van der Waals surface area contributed by atoms with Gasteiger partial charge in [-0.3, -0.25) is 4.79 Å². The lowest BCUT2D eigenvalue weighted by Crippen LogP contribution is -2.07. The number of hydrogen-bond acceptors (Lipinski definition) is 1. The second kappa shape index (κ2) is 4.93. The molecule has 0 bridgehead atoms. The van der Waals surface area contributed by atoms with E-state index < -0.39 is 0 Å². The summed E-state index contributed by atoms with van der Waals surface area (Å²) < 4.78 is 0. The Bertz CT molecular complexity index is 441. The Kier molecular flexibility index (Phi) is 3.35. The van der Waals surface area contributed by atoms with E-state index in [0.29, 0.717) is 12.2 Å². The van der Waals surface area contributed by atoms with E-state index in [1.54, 1.807) is 0 Å². The number of benzene rings is 1. The molecule has 1 aliphatic rings. The van der Waals surface area contributed by atoms with Gasteiger partial charge < -0.3 is 0 Å². The summed E-state index contributed by atoms with van der Waals surface area (Å²) in [5, 5.41) is 0. The second-order valence-corrected chi connectivity index (χ2v) is 4.17. The summed E-state index contributed by atoms with van der Waals surface area (Å²) in [5.41, 5.74) is 3.17. The van der Waals surface area contributed by atoms with Crippen LogP contribution in [0.3, 0.4) is 0 Å². The largest absolute Gasteiger partial charge is 0.295 e. The van der Waals surface area contributed by atoms with E-state index in [-0.39, 0.29) is 0 Å². The van der Waals surface area contributed by atoms with Gasteiger partial charge in [0.05, 0.1) is 0 Å². The molecule has 1 aromatic rings. The zero-order valence-corrected chi connectivity index (χ0v) is 9.41. The molecule has 16 heavy (non-hydrogen) atoms. The number of hydrogen-bond donors (Lipinski definition) is 0. The van der Waals surface area contributed by atoms with Crippen LogP contribution < -0.4 is 0 Å². The number of carbonyl (C=O) groups excluding carboxylic acids is 1. The number of Topliss-reactive ketones (excluding diaryl/α,β-unsaturated/α-hetero) is 1. The quantitative estimate of drug-likeness (QED) is 0.680. The summed E-state index contributed by atoms with van der Waals surface area (Å²) in [5.74, 6) is 0.315. The highest BCUT2D eigenvalue weighted by Gasteiger charge is 2.14. The standard InChI is InChI=1S/C15H16O/c1-2-12-6-5-7-13(10-12)11-14-8-3-4-9-15(14)16/h2,5-7,10-11H,1,3-4,8-9H2/b14-11-. The minimum atomic E-state index is 0.315. The molecule has 0 aliphatic heterocycles. The van der Waals surface area contributed by atoms with Crippen LogP contribution in [0.15, 0.2) is 36.4 Å². The van der Waals surface area contributed by atoms with E-state index in [4.69, 9.17) is 0 Å². The Morgan fingerprint density at radius 2 is 1.88 bits per heavy atom. The molecule has 0 spiro atoms. The first kappa shape index (κ1) is 10.9. The molecular formula is C15H16O. The van der Waals surface area contributed by atoms with Crippen molar-refractivity contribution in [2.75, 3.05) is 0 Å². The van der Waals surface area contributed by atoms with Crippen molar-refractivity contribution in [2.45, 2.75) is 25.7 Å². The number of rotatable bonds is 2. The predicted octanol–water partition coefficient (Wildman–Crippen LogP) is 3.86. The summed E-state index contributed by atoms with van der Waals surface area (Å²) in [6.45, 7) is 3.75. The molecule has 1 fully saturated rings. The van der Waals surface area contributed by atoms with Gasteiger partial charge in [0.1, 0.15) is 0 Å². The first-order chi connectivity index (χ1) is 7.79. The highest BCUT2D eigenvalue weighted by Crippen LogP contribution is 2.22. The Labute approximate surface area is 96.5 Å². The van der Waals surface area contributed by atoms with Crippen molar-refractivity contribution < 1.29 is 4.79 Å². The van der Waals surface area contributed by atoms with Gasteiger partial charge in [0.15, 0.2) is 5.78 Å². The van der Waals surface area contributed by atoms with Gasteiger partial charge in [-0.2, -0.15) is 0 Å². The van der Waals surface area contributed by atoms with Crippen LogP contribution >= 0.6 is 0 Å². The van der Waals surface area contributed by atoms with Crippen molar-refractivity contribution in [3.8, 4) is 0 Å². The minimum absolute atomic E-state index is 0.315. The number of allylic oxidation sites excluding steroid dienone is 1. The molecule has 1 aliphatic carbocycles. The molecule has 0 aromatic heterocycles. The Morgan fingerprint density at radius 1 is 1.12 bits per heavy atom. The lowest BCUT2D eigenvalue weighted by atomic mass is 9.92. The van der Waals surface area contributed by atoms with E-state index in [9.17, 15) is 4.79 Å². The van der Waals surface area contributed by atoms with E-state index >= 15 is 0 Å². The molecule has 0 saturated heterocycles. The second-order valence-electron chi connectivity index (χ2n) is 4.17. The van der Waals surface area contributed by atoms with Crippen LogP contribution in [0, 0.1) is 0 Å². The molecule has 0 amide bonds. The molecule has 0 unspecified atom stereocenters. The van der Waals surface area contributed by atoms with Crippen molar-refractivity contribution in [3.05, 3.63) is 47.5 Å². The van der Waals surface area contributed by atoms with E-state index in [1.165, 1.54) is 0 Å². The normalized spacial score (nSPS) is 18.8. The van der Waals surface area contributed by atoms with Crippen LogP contribution in [-0.4, -0.2) is 5.78 Å². The summed E-state index contributed by atoms with van der Waals surface area (Å²) in [6.07, 6.45) is 7.67. The highest BCUT2D eigenvalue weighted by atomic mass is 16.1. The molecule has 0 N–H and O–H groups in total. The van der Waals surface area contributed by atoms with Crippen LogP contribution in [-0.2, 0) is 4.79 Å². The summed E-state index contributed by atoms with van der Waals surface area (Å²) >= 11 is 0. The smallest absolute Gasteiger partial charge is 0.158 e. The monoisotopic (exact) mass is 212 g/mol. The maximum atomic E-state index is 11.7. The first-order valence-electron chi connectivity index (χ1n) is 5.76. The van der Waals surface area contributed by atoms with Crippen LogP contribution in [0.2, 0.25) is 0 Å². The van der Waals surface area contributed by atoms with Crippen LogP contribution in [0.25, 0.3) is 12.2 Å². The highest BCUT2D eigenvalue weighted by molar-refractivity contribution is 6.00. The van der Waals surface area contributed by atoms with Crippen molar-refractivity contribution in [3.63, 3.8) is 0 Å². The lowest BCUT2D eigenvalue weighted by Gasteiger charge is -2.12. The Balaban J connectivity index is 2.26. The first-order valence-corrected chi connectivity index (χ1v) is 5.76. The Hall–Kier alpha value is -1.63. The van der Waals surface area contributed by atoms with Gasteiger partial charge in [0.2, 0.25) is 0 Å². The maximum Gasteiger partial charge on any atom is 0.158 e. The lowest BCUT2D eigenvalue weighted by molar-refractivity contribution is -0.116. The third-order valence-corrected chi connectivity index (χ3v) is 2.95. The fraction of sp³-hybridized carbons (Fsp3) is 0.267. The average molecular weight is 212 g/mol. The molecule has 82 valence electrons. The van der Waals surface area contributed by atoms with E-state index in [0.717, 1.165) is 36.0 Å². The molecule has 0 atom stereocenters. The van der Waals surface area contributed by atoms with Crippen molar-refractivity contribution in [1.82, 2.24) is 0 Å². The third kappa shape index (κ3) is 2.48. The zero-order valence-electron chi connectivity index (χ0n) is 9.41. The predicted molar refractivity (Wildman–Crippen MR) is 68.0 cm³/mol. The zero-order chi connectivity index (χ0) is 11.4. The minimum Gasteiger partial charge on any atom is -0.295 e. The van der Waals surface area contributed by atoms with Crippen molar-refractivity contribution in [2.24, 2.45) is 0 Å². The Morgan fingerprint density at radius 3 is 2.62 bits per heavy atom. The van der Waals surface area contributed by atoms with Gasteiger partial charge in [0, 0.05) is 6.42 Å². The summed E-state index contributed by atoms with van der Waals surface area (Å²) in [4.78, 5) is 11.7. The summed E-state index contributed by atoms with van der Waals surface area (Å²) in [7, 11) is 0. The SMILES string of the molecule is C=Cc1cccc(/C=C2/CCCCC2=O)c1. The topological polar surface area (TPSA) is 17.1 Å². The number of carbonyl (C=O) groups is 1. The van der Waals surface area contributed by atoms with E-state index in [1.807, 2.05) is 30.4 Å². The third-order valence-electron chi connectivity index (χ3n) is 2.95. The van der Waals surface area contributed by atoms with E-state index in [2.05, 4.69) is 12.6 Å². The fourth-order valence-electron chi connectivity index (χ4n) is 2.03. The molecular weight excluding hydrogens is 196 g/mol. The average Bonchev–Trinajstić information content (AvgIpc) is 2.32. The maximum absolute atomic E-state index is 11.7. The molecule has 1 saturated carbocycles. The molecule has 1 nitrogen and oxygen atoms in total. The number of ketones is 1. The van der Waals surface area contributed by atoms with Gasteiger partial charge in [-0.25, -0.2) is 0 Å². The van der Waals surface area contributed by atoms with Gasteiger partial charge in [-0.1, -0.05) is 30.9 Å². The van der Waals surface area contributed by atoms with Gasteiger partial charge in [0.25, 0.3) is 0 Å². The summed E-state index contributed by atoms with van der Waals surface area (Å²) in [6, 6.07) is 8.10. The van der Waals surface area contributed by atoms with Gasteiger partial charge >= 0.3 is 0 Å². The van der Waals surface area contributed by atoms with Crippen LogP contribution in [0.4, 0.5) is 0 Å². The van der Waals surface area contributed by atoms with Crippen molar-refractivity contribution >= 4 is 17.9 Å².